The largest absolute Gasteiger partial charge is 0.309 e. The molecule has 7 nitrogen and oxygen atoms in total. The Morgan fingerprint density at radius 1 is 1.53 bits per heavy atom. The second kappa shape index (κ2) is 5.46. The van der Waals surface area contributed by atoms with Crippen molar-refractivity contribution in [3.63, 3.8) is 0 Å². The molecule has 0 unspecified atom stereocenters. The summed E-state index contributed by atoms with van der Waals surface area (Å²) in [6.07, 6.45) is 0. The van der Waals surface area contributed by atoms with Gasteiger partial charge in [-0.25, -0.2) is 0 Å². The standard InChI is InChI=1S/C8H8N4O3/c9-11-10-5-7-2-1-3-8(4-7)6-15-12(13)14/h1-4H,5-6H2. The van der Waals surface area contributed by atoms with Crippen LogP contribution < -0.4 is 0 Å². The van der Waals surface area contributed by atoms with Crippen molar-refractivity contribution in [3.05, 3.63) is 55.9 Å². The summed E-state index contributed by atoms with van der Waals surface area (Å²) < 4.78 is 0. The van der Waals surface area contributed by atoms with Crippen molar-refractivity contribution < 1.29 is 9.92 Å². The van der Waals surface area contributed by atoms with Crippen LogP contribution in [0.2, 0.25) is 0 Å². The average molecular weight is 208 g/mol. The molecule has 0 amide bonds. The van der Waals surface area contributed by atoms with Crippen molar-refractivity contribution in [2.24, 2.45) is 5.11 Å². The summed E-state index contributed by atoms with van der Waals surface area (Å²) in [5.41, 5.74) is 9.57. The zero-order valence-corrected chi connectivity index (χ0v) is 7.74. The van der Waals surface area contributed by atoms with Crippen molar-refractivity contribution in [1.29, 1.82) is 0 Å². The van der Waals surface area contributed by atoms with Gasteiger partial charge in [0.1, 0.15) is 6.61 Å². The summed E-state index contributed by atoms with van der Waals surface area (Å²) in [6, 6.07) is 6.88. The van der Waals surface area contributed by atoms with Gasteiger partial charge >= 0.3 is 0 Å². The highest BCUT2D eigenvalue weighted by Gasteiger charge is 1.98. The third-order valence-electron chi connectivity index (χ3n) is 1.64. The van der Waals surface area contributed by atoms with Gasteiger partial charge in [0.15, 0.2) is 0 Å². The lowest BCUT2D eigenvalue weighted by molar-refractivity contribution is -0.763. The van der Waals surface area contributed by atoms with Crippen LogP contribution in [0.3, 0.4) is 0 Å². The minimum atomic E-state index is -0.847. The number of benzene rings is 1. The maximum absolute atomic E-state index is 9.95. The molecule has 78 valence electrons. The van der Waals surface area contributed by atoms with Crippen LogP contribution >= 0.6 is 0 Å². The predicted molar refractivity (Wildman–Crippen MR) is 51.1 cm³/mol. The Bertz CT molecular complexity index is 401. The van der Waals surface area contributed by atoms with Crippen LogP contribution in [0.4, 0.5) is 0 Å². The number of hydrogen-bond acceptors (Lipinski definition) is 4. The van der Waals surface area contributed by atoms with E-state index < -0.39 is 5.09 Å². The molecule has 0 heterocycles. The minimum Gasteiger partial charge on any atom is -0.309 e. The molecule has 7 heteroatoms. The lowest BCUT2D eigenvalue weighted by Crippen LogP contribution is -2.00. The molecule has 0 aromatic heterocycles. The Labute approximate surface area is 85.0 Å². The highest BCUT2D eigenvalue weighted by atomic mass is 16.9. The van der Waals surface area contributed by atoms with Crippen LogP contribution in [0.25, 0.3) is 10.4 Å². The van der Waals surface area contributed by atoms with Crippen molar-refractivity contribution in [2.75, 3.05) is 0 Å². The van der Waals surface area contributed by atoms with E-state index in [0.717, 1.165) is 5.56 Å². The lowest BCUT2D eigenvalue weighted by atomic mass is 10.1. The van der Waals surface area contributed by atoms with E-state index in [-0.39, 0.29) is 13.2 Å². The number of nitrogens with zero attached hydrogens (tertiary/aromatic N) is 4. The fraction of sp³-hybridized carbons (Fsp3) is 0.250. The summed E-state index contributed by atoms with van der Waals surface area (Å²) in [5, 5.41) is 12.5. The molecular formula is C8H8N4O3. The highest BCUT2D eigenvalue weighted by Crippen LogP contribution is 2.07. The van der Waals surface area contributed by atoms with Crippen LogP contribution in [0.5, 0.6) is 0 Å². The first-order chi connectivity index (χ1) is 7.22. The molecule has 0 saturated carbocycles. The summed E-state index contributed by atoms with van der Waals surface area (Å²) in [6.45, 7) is 0.125. The molecule has 0 atom stereocenters. The first kappa shape index (κ1) is 10.8. The molecular weight excluding hydrogens is 200 g/mol. The first-order valence-corrected chi connectivity index (χ1v) is 4.08. The average Bonchev–Trinajstić information content (AvgIpc) is 2.24. The minimum absolute atomic E-state index is 0.100. The molecule has 1 aromatic rings. The van der Waals surface area contributed by atoms with E-state index in [1.54, 1.807) is 24.3 Å². The summed E-state index contributed by atoms with van der Waals surface area (Å²) in [5.74, 6) is 0. The Kier molecular flexibility index (Phi) is 3.93. The Hall–Kier alpha value is -2.27. The number of rotatable bonds is 5. The molecule has 0 spiro atoms. The Balaban J connectivity index is 2.65. The lowest BCUT2D eigenvalue weighted by Gasteiger charge is -2.01. The van der Waals surface area contributed by atoms with Gasteiger partial charge < -0.3 is 4.84 Å². The third kappa shape index (κ3) is 3.97. The molecule has 1 rings (SSSR count). The van der Waals surface area contributed by atoms with Gasteiger partial charge in [0.2, 0.25) is 0 Å². The van der Waals surface area contributed by atoms with Gasteiger partial charge in [-0.3, -0.25) is 0 Å². The molecule has 0 radical (unpaired) electrons. The molecule has 0 N–H and O–H groups in total. The fourth-order valence-corrected chi connectivity index (χ4v) is 1.06. The fourth-order valence-electron chi connectivity index (χ4n) is 1.06. The first-order valence-electron chi connectivity index (χ1n) is 4.08. The van der Waals surface area contributed by atoms with Crippen molar-refractivity contribution in [1.82, 2.24) is 0 Å². The maximum Gasteiger partial charge on any atom is 0.294 e. The Morgan fingerprint density at radius 3 is 2.93 bits per heavy atom. The van der Waals surface area contributed by atoms with Crippen LogP contribution in [0.15, 0.2) is 29.4 Å². The second-order valence-electron chi connectivity index (χ2n) is 2.71. The quantitative estimate of drug-likeness (QED) is 0.243. The molecule has 1 aromatic carbocycles. The maximum atomic E-state index is 9.95. The summed E-state index contributed by atoms with van der Waals surface area (Å²) in [7, 11) is 0. The highest BCUT2D eigenvalue weighted by molar-refractivity contribution is 5.22. The van der Waals surface area contributed by atoms with Gasteiger partial charge in [0.05, 0.1) is 6.54 Å². The van der Waals surface area contributed by atoms with Gasteiger partial charge in [-0.2, -0.15) is 0 Å². The summed E-state index contributed by atoms with van der Waals surface area (Å²) in [4.78, 5) is 16.8. The van der Waals surface area contributed by atoms with Gasteiger partial charge in [0, 0.05) is 4.91 Å². The van der Waals surface area contributed by atoms with Gasteiger partial charge in [-0.05, 0) is 16.7 Å². The predicted octanol–water partition coefficient (Wildman–Crippen LogP) is 2.21. The van der Waals surface area contributed by atoms with Gasteiger partial charge in [-0.1, -0.05) is 29.4 Å². The second-order valence-corrected chi connectivity index (χ2v) is 2.71. The summed E-state index contributed by atoms with van der Waals surface area (Å²) >= 11 is 0. The number of azide groups is 1. The molecule has 0 aliphatic rings. The normalized spacial score (nSPS) is 9.07. The molecule has 15 heavy (non-hydrogen) atoms. The Morgan fingerprint density at radius 2 is 2.27 bits per heavy atom. The molecule has 0 fully saturated rings. The van der Waals surface area contributed by atoms with Crippen molar-refractivity contribution >= 4 is 0 Å². The number of hydrogen-bond donors (Lipinski definition) is 0. The third-order valence-corrected chi connectivity index (χ3v) is 1.64. The van der Waals surface area contributed by atoms with Crippen LogP contribution in [0.1, 0.15) is 11.1 Å². The van der Waals surface area contributed by atoms with E-state index >= 15 is 0 Å². The van der Waals surface area contributed by atoms with Crippen molar-refractivity contribution in [3.8, 4) is 0 Å². The smallest absolute Gasteiger partial charge is 0.294 e. The molecule has 0 saturated heterocycles. The SMILES string of the molecule is [N-]=[N+]=NCc1cccc(CO[N+](=O)[O-])c1. The van der Waals surface area contributed by atoms with Gasteiger partial charge in [0.25, 0.3) is 5.09 Å². The molecule has 0 bridgehead atoms. The van der Waals surface area contributed by atoms with Crippen molar-refractivity contribution in [2.45, 2.75) is 13.2 Å². The van der Waals surface area contributed by atoms with E-state index in [9.17, 15) is 10.1 Å². The van der Waals surface area contributed by atoms with Crippen LogP contribution in [-0.4, -0.2) is 5.09 Å². The van der Waals surface area contributed by atoms with E-state index in [2.05, 4.69) is 14.9 Å². The van der Waals surface area contributed by atoms with E-state index in [1.165, 1.54) is 0 Å². The molecule has 0 aliphatic heterocycles. The monoisotopic (exact) mass is 208 g/mol. The molecule has 0 aliphatic carbocycles. The van der Waals surface area contributed by atoms with E-state index in [1.807, 2.05) is 0 Å². The van der Waals surface area contributed by atoms with Gasteiger partial charge in [-0.15, -0.1) is 10.1 Å². The zero-order chi connectivity index (χ0) is 11.1. The van der Waals surface area contributed by atoms with E-state index in [0.29, 0.717) is 5.56 Å². The topological polar surface area (TPSA) is 101 Å². The van der Waals surface area contributed by atoms with E-state index in [4.69, 9.17) is 5.53 Å². The van der Waals surface area contributed by atoms with Crippen LogP contribution in [-0.2, 0) is 18.0 Å². The van der Waals surface area contributed by atoms with Crippen LogP contribution in [0, 0.1) is 10.1 Å². The zero-order valence-electron chi connectivity index (χ0n) is 7.74.